The minimum Gasteiger partial charge on any atom is -0.459 e. The molecule has 0 aliphatic carbocycles. The molecule has 0 aromatic carbocycles. The lowest BCUT2D eigenvalue weighted by atomic mass is 10.2. The third-order valence-electron chi connectivity index (χ3n) is 4.33. The summed E-state index contributed by atoms with van der Waals surface area (Å²) in [7, 11) is 0. The molecule has 140 valence electrons. The van der Waals surface area contributed by atoms with Gasteiger partial charge in [0.2, 0.25) is 5.91 Å². The molecule has 1 saturated heterocycles. The van der Waals surface area contributed by atoms with Gasteiger partial charge in [-0.15, -0.1) is 11.3 Å². The van der Waals surface area contributed by atoms with Crippen molar-refractivity contribution in [1.29, 1.82) is 0 Å². The Morgan fingerprint density at radius 2 is 2.00 bits per heavy atom. The molecule has 2 amide bonds. The highest BCUT2D eigenvalue weighted by Gasteiger charge is 2.21. The van der Waals surface area contributed by atoms with E-state index >= 15 is 0 Å². The van der Waals surface area contributed by atoms with E-state index in [9.17, 15) is 9.59 Å². The number of amides is 2. The fraction of sp³-hybridized carbons (Fsp3) is 0.444. The lowest BCUT2D eigenvalue weighted by molar-refractivity contribution is -0.133. The lowest BCUT2D eigenvalue weighted by Gasteiger charge is -2.34. The summed E-state index contributed by atoms with van der Waals surface area (Å²) in [6.07, 6.45) is 2.53. The number of piperazine rings is 1. The number of rotatable bonds is 7. The summed E-state index contributed by atoms with van der Waals surface area (Å²) in [5, 5.41) is 2.76. The molecule has 1 N–H and O–H groups in total. The van der Waals surface area contributed by atoms with Crippen molar-refractivity contribution < 1.29 is 14.0 Å². The van der Waals surface area contributed by atoms with Gasteiger partial charge in [-0.25, -0.2) is 0 Å². The average molecular weight is 396 g/mol. The Balaban J connectivity index is 1.31. The molecule has 26 heavy (non-hydrogen) atoms. The summed E-state index contributed by atoms with van der Waals surface area (Å²) in [6, 6.07) is 7.27. The summed E-state index contributed by atoms with van der Waals surface area (Å²) >= 11 is 7.57. The summed E-state index contributed by atoms with van der Waals surface area (Å²) in [4.78, 5) is 29.5. The van der Waals surface area contributed by atoms with Crippen molar-refractivity contribution in [3.63, 3.8) is 0 Å². The zero-order valence-corrected chi connectivity index (χ0v) is 16.0. The molecule has 0 atom stereocenters. The number of hydrogen-bond donors (Lipinski definition) is 1. The minimum absolute atomic E-state index is 0.149. The van der Waals surface area contributed by atoms with Crippen LogP contribution in [-0.4, -0.2) is 54.3 Å². The predicted molar refractivity (Wildman–Crippen MR) is 101 cm³/mol. The zero-order chi connectivity index (χ0) is 18.4. The maximum Gasteiger partial charge on any atom is 0.286 e. The van der Waals surface area contributed by atoms with E-state index in [4.69, 9.17) is 16.0 Å². The molecular weight excluding hydrogens is 374 g/mol. The lowest BCUT2D eigenvalue weighted by Crippen LogP contribution is -2.48. The molecule has 0 saturated carbocycles. The van der Waals surface area contributed by atoms with Crippen LogP contribution in [0.2, 0.25) is 4.34 Å². The fourth-order valence-electron chi connectivity index (χ4n) is 2.91. The van der Waals surface area contributed by atoms with Crippen LogP contribution >= 0.6 is 22.9 Å². The second kappa shape index (κ2) is 9.21. The van der Waals surface area contributed by atoms with Crippen molar-refractivity contribution >= 4 is 34.8 Å². The number of hydrogen-bond acceptors (Lipinski definition) is 5. The monoisotopic (exact) mass is 395 g/mol. The molecule has 1 fully saturated rings. The number of carbonyl (C=O) groups is 2. The van der Waals surface area contributed by atoms with Crippen LogP contribution < -0.4 is 5.32 Å². The van der Waals surface area contributed by atoms with Gasteiger partial charge in [0.15, 0.2) is 5.76 Å². The van der Waals surface area contributed by atoms with Gasteiger partial charge in [0, 0.05) is 50.6 Å². The van der Waals surface area contributed by atoms with E-state index in [0.29, 0.717) is 25.1 Å². The summed E-state index contributed by atoms with van der Waals surface area (Å²) in [5.74, 6) is 0.195. The third kappa shape index (κ3) is 5.33. The van der Waals surface area contributed by atoms with Crippen LogP contribution in [0.15, 0.2) is 34.9 Å². The number of carbonyl (C=O) groups excluding carboxylic acids is 2. The van der Waals surface area contributed by atoms with Crippen LogP contribution in [0, 0.1) is 0 Å². The quantitative estimate of drug-likeness (QED) is 0.732. The standard InChI is InChI=1S/C18H22ClN3O3S/c19-16-6-5-14(26-16)13-21-8-10-22(11-9-21)17(23)4-1-7-20-18(24)15-3-2-12-25-15/h2-3,5-6,12H,1,4,7-11,13H2,(H,20,24). The van der Waals surface area contributed by atoms with Crippen molar-refractivity contribution in [3.8, 4) is 0 Å². The molecule has 3 rings (SSSR count). The second-order valence-corrected chi connectivity index (χ2v) is 8.00. The van der Waals surface area contributed by atoms with Gasteiger partial charge in [0.05, 0.1) is 10.6 Å². The largest absolute Gasteiger partial charge is 0.459 e. The van der Waals surface area contributed by atoms with Gasteiger partial charge in [0.25, 0.3) is 5.91 Å². The first-order valence-electron chi connectivity index (χ1n) is 8.68. The Kier molecular flexibility index (Phi) is 6.71. The molecule has 0 bridgehead atoms. The summed E-state index contributed by atoms with van der Waals surface area (Å²) in [6.45, 7) is 4.59. The highest BCUT2D eigenvalue weighted by molar-refractivity contribution is 7.16. The van der Waals surface area contributed by atoms with Gasteiger partial charge in [-0.05, 0) is 30.7 Å². The maximum absolute atomic E-state index is 12.3. The number of thiophene rings is 1. The SMILES string of the molecule is O=C(NCCCC(=O)N1CCN(Cc2ccc(Cl)s2)CC1)c1ccco1. The molecular formula is C18H22ClN3O3S. The molecule has 3 heterocycles. The van der Waals surface area contributed by atoms with E-state index in [-0.39, 0.29) is 11.8 Å². The minimum atomic E-state index is -0.246. The van der Waals surface area contributed by atoms with Crippen LogP contribution in [0.5, 0.6) is 0 Å². The molecule has 8 heteroatoms. The number of furan rings is 1. The van der Waals surface area contributed by atoms with E-state index in [0.717, 1.165) is 37.1 Å². The van der Waals surface area contributed by atoms with Crippen molar-refractivity contribution in [2.24, 2.45) is 0 Å². The van der Waals surface area contributed by atoms with Crippen LogP contribution in [-0.2, 0) is 11.3 Å². The maximum atomic E-state index is 12.3. The Hall–Kier alpha value is -1.83. The molecule has 0 unspecified atom stereocenters. The Labute approximate surface area is 161 Å². The van der Waals surface area contributed by atoms with Crippen molar-refractivity contribution in [3.05, 3.63) is 45.5 Å². The van der Waals surface area contributed by atoms with Gasteiger partial charge in [-0.3, -0.25) is 14.5 Å². The van der Waals surface area contributed by atoms with Crippen LogP contribution in [0.4, 0.5) is 0 Å². The average Bonchev–Trinajstić information content (AvgIpc) is 3.31. The van der Waals surface area contributed by atoms with E-state index in [2.05, 4.69) is 16.3 Å². The van der Waals surface area contributed by atoms with Crippen LogP contribution in [0.25, 0.3) is 0 Å². The molecule has 1 aliphatic heterocycles. The van der Waals surface area contributed by atoms with Gasteiger partial charge in [0.1, 0.15) is 0 Å². The van der Waals surface area contributed by atoms with E-state index in [1.165, 1.54) is 11.1 Å². The van der Waals surface area contributed by atoms with Gasteiger partial charge in [-0.2, -0.15) is 0 Å². The highest BCUT2D eigenvalue weighted by Crippen LogP contribution is 2.23. The number of nitrogens with zero attached hydrogens (tertiary/aromatic N) is 2. The summed E-state index contributed by atoms with van der Waals surface area (Å²) < 4.78 is 5.84. The van der Waals surface area contributed by atoms with Gasteiger partial charge < -0.3 is 14.6 Å². The molecule has 2 aromatic heterocycles. The predicted octanol–water partition coefficient (Wildman–Crippen LogP) is 2.85. The summed E-state index contributed by atoms with van der Waals surface area (Å²) in [5.41, 5.74) is 0. The van der Waals surface area contributed by atoms with E-state index < -0.39 is 0 Å². The fourth-order valence-corrected chi connectivity index (χ4v) is 4.04. The molecule has 2 aromatic rings. The highest BCUT2D eigenvalue weighted by atomic mass is 35.5. The first-order chi connectivity index (χ1) is 12.6. The van der Waals surface area contributed by atoms with Gasteiger partial charge >= 0.3 is 0 Å². The smallest absolute Gasteiger partial charge is 0.286 e. The van der Waals surface area contributed by atoms with Crippen LogP contribution in [0.1, 0.15) is 28.3 Å². The normalized spacial score (nSPS) is 15.2. The Morgan fingerprint density at radius 1 is 1.19 bits per heavy atom. The molecule has 0 radical (unpaired) electrons. The second-order valence-electron chi connectivity index (χ2n) is 6.20. The van der Waals surface area contributed by atoms with Crippen molar-refractivity contribution in [2.75, 3.05) is 32.7 Å². The third-order valence-corrected chi connectivity index (χ3v) is 5.55. The Bertz CT molecular complexity index is 724. The van der Waals surface area contributed by atoms with Gasteiger partial charge in [-0.1, -0.05) is 11.6 Å². The molecule has 6 nitrogen and oxygen atoms in total. The number of halogens is 1. The Morgan fingerprint density at radius 3 is 2.65 bits per heavy atom. The van der Waals surface area contributed by atoms with Crippen molar-refractivity contribution in [2.45, 2.75) is 19.4 Å². The topological polar surface area (TPSA) is 65.8 Å². The van der Waals surface area contributed by atoms with E-state index in [1.54, 1.807) is 23.5 Å². The first kappa shape index (κ1) is 18.9. The molecule has 0 spiro atoms. The van der Waals surface area contributed by atoms with E-state index in [1.807, 2.05) is 11.0 Å². The zero-order valence-electron chi connectivity index (χ0n) is 14.4. The first-order valence-corrected chi connectivity index (χ1v) is 9.87. The van der Waals surface area contributed by atoms with Crippen molar-refractivity contribution in [1.82, 2.24) is 15.1 Å². The number of nitrogens with one attached hydrogen (secondary N) is 1. The molecule has 1 aliphatic rings. The van der Waals surface area contributed by atoms with Crippen LogP contribution in [0.3, 0.4) is 0 Å².